The van der Waals surface area contributed by atoms with Crippen LogP contribution in [0.1, 0.15) is 40.4 Å². The summed E-state index contributed by atoms with van der Waals surface area (Å²) in [5, 5.41) is 11.0. The molecule has 2 aliphatic rings. The highest BCUT2D eigenvalue weighted by molar-refractivity contribution is 6.34. The fraction of sp³-hybridized carbons (Fsp3) is 0.447. The van der Waals surface area contributed by atoms with Crippen molar-refractivity contribution >= 4 is 46.3 Å². The number of anilines is 1. The highest BCUT2D eigenvalue weighted by Crippen LogP contribution is 2.47. The molecule has 5 rings (SSSR count). The van der Waals surface area contributed by atoms with Crippen LogP contribution in [0.5, 0.6) is 0 Å². The maximum atomic E-state index is 15.6. The Bertz CT molecular complexity index is 1920. The molecule has 1 aromatic heterocycles. The number of carbonyl (C=O) groups is 3. The lowest BCUT2D eigenvalue weighted by Gasteiger charge is -2.35. The molecule has 3 unspecified atom stereocenters. The summed E-state index contributed by atoms with van der Waals surface area (Å²) in [6.45, 7) is 7.08. The van der Waals surface area contributed by atoms with Crippen LogP contribution in [0.3, 0.4) is 0 Å². The van der Waals surface area contributed by atoms with Crippen LogP contribution in [0.4, 0.5) is 14.5 Å². The number of nitrogens with zero attached hydrogens (tertiary/aromatic N) is 6. The summed E-state index contributed by atoms with van der Waals surface area (Å²) in [7, 11) is 8.84. The summed E-state index contributed by atoms with van der Waals surface area (Å²) in [5.74, 6) is -2.35. The van der Waals surface area contributed by atoms with E-state index in [0.29, 0.717) is 56.9 Å². The van der Waals surface area contributed by atoms with Crippen LogP contribution in [0, 0.1) is 34.8 Å². The molecule has 3 atom stereocenters. The van der Waals surface area contributed by atoms with Gasteiger partial charge in [0.1, 0.15) is 0 Å². The number of ether oxygens (including phenoxy) is 1. The largest absolute Gasteiger partial charge is 0.383 e. The number of amides is 3. The zero-order chi connectivity index (χ0) is 38.7. The van der Waals surface area contributed by atoms with Crippen molar-refractivity contribution in [2.24, 2.45) is 24.8 Å². The highest BCUT2D eigenvalue weighted by Gasteiger charge is 2.53. The molecule has 1 aliphatic heterocycles. The predicted octanol–water partition coefficient (Wildman–Crippen LogP) is 4.96. The molecule has 1 saturated heterocycles. The second-order valence-corrected chi connectivity index (χ2v) is 14.4. The number of methoxy groups -OCH3 is 1. The van der Waals surface area contributed by atoms with Crippen molar-refractivity contribution in [3.8, 4) is 11.3 Å². The minimum atomic E-state index is -1.14. The number of piperazine rings is 1. The van der Waals surface area contributed by atoms with Gasteiger partial charge in [0.15, 0.2) is 17.5 Å². The maximum Gasteiger partial charge on any atom is 0.291 e. The van der Waals surface area contributed by atoms with Gasteiger partial charge in [-0.15, -0.1) is 0 Å². The van der Waals surface area contributed by atoms with E-state index in [9.17, 15) is 14.4 Å². The normalized spacial score (nSPS) is 18.7. The number of hydrogen-bond acceptors (Lipinski definition) is 8. The summed E-state index contributed by atoms with van der Waals surface area (Å²) >= 11 is 6.54. The Morgan fingerprint density at radius 3 is 2.34 bits per heavy atom. The van der Waals surface area contributed by atoms with Crippen molar-refractivity contribution in [3.63, 3.8) is 0 Å². The van der Waals surface area contributed by atoms with E-state index < -0.39 is 17.5 Å². The highest BCUT2D eigenvalue weighted by atomic mass is 35.5. The summed E-state index contributed by atoms with van der Waals surface area (Å²) in [6, 6.07) is 7.34. The van der Waals surface area contributed by atoms with E-state index >= 15 is 8.78 Å². The van der Waals surface area contributed by atoms with Gasteiger partial charge in [-0.3, -0.25) is 14.4 Å². The van der Waals surface area contributed by atoms with Crippen molar-refractivity contribution in [2.45, 2.75) is 13.8 Å². The van der Waals surface area contributed by atoms with Gasteiger partial charge in [0.2, 0.25) is 5.91 Å². The third kappa shape index (κ3) is 8.61. The van der Waals surface area contributed by atoms with Gasteiger partial charge in [-0.1, -0.05) is 24.6 Å². The number of likely N-dealkylation sites (N-methyl/N-ethyl adjacent to an activating group) is 1. The smallest absolute Gasteiger partial charge is 0.291 e. The fourth-order valence-corrected chi connectivity index (χ4v) is 7.10. The van der Waals surface area contributed by atoms with Gasteiger partial charge in [0.25, 0.3) is 11.8 Å². The first kappa shape index (κ1) is 39.5. The topological polar surface area (TPSA) is 127 Å². The van der Waals surface area contributed by atoms with Crippen molar-refractivity contribution in [1.82, 2.24) is 29.2 Å². The van der Waals surface area contributed by atoms with Gasteiger partial charge in [-0.05, 0) is 57.1 Å². The molecule has 0 radical (unpaired) electrons. The molecule has 3 aromatic rings. The lowest BCUT2D eigenvalue weighted by atomic mass is 9.99. The first-order valence-corrected chi connectivity index (χ1v) is 17.8. The molecule has 2 aromatic carbocycles. The van der Waals surface area contributed by atoms with Crippen LogP contribution in [0.15, 0.2) is 42.7 Å². The second kappa shape index (κ2) is 16.6. The van der Waals surface area contributed by atoms with E-state index in [1.807, 2.05) is 19.0 Å². The number of aromatic nitrogens is 2. The van der Waals surface area contributed by atoms with Crippen LogP contribution >= 0.6 is 11.6 Å². The fourth-order valence-electron chi connectivity index (χ4n) is 6.83. The molecule has 15 heteroatoms. The van der Waals surface area contributed by atoms with Gasteiger partial charge < -0.3 is 39.6 Å². The van der Waals surface area contributed by atoms with Gasteiger partial charge in [-0.2, -0.15) is 0 Å². The molecule has 284 valence electrons. The standard InChI is InChI=1S/C38H47ClF2N8O4/c1-22-28(20-45(3)4)32(22)38(52)49-14-12-48(13-15-49)37(51)26-9-8-24(18-30(26)39)44-36(50)35-43-19-31(47(35)6)27-11-10-25(33(40)34(27)41)29(23(2)42)21-46(5)16-17-53-7/h8-11,18-19,21-22,28,32,42H,12-17,20H2,1-7H3,(H,44,50)/b29-21+,42-23?. The molecule has 12 nitrogen and oxygen atoms in total. The van der Waals surface area contributed by atoms with Crippen molar-refractivity contribution in [1.29, 1.82) is 5.41 Å². The number of benzene rings is 2. The van der Waals surface area contributed by atoms with Gasteiger partial charge in [0, 0.05) is 101 Å². The molecule has 3 amide bonds. The Balaban J connectivity index is 1.23. The number of imidazole rings is 1. The number of hydrogen-bond donors (Lipinski definition) is 2. The maximum absolute atomic E-state index is 15.6. The first-order valence-electron chi connectivity index (χ1n) is 17.4. The third-order valence-corrected chi connectivity index (χ3v) is 10.3. The Morgan fingerprint density at radius 2 is 1.72 bits per heavy atom. The second-order valence-electron chi connectivity index (χ2n) is 14.0. The van der Waals surface area contributed by atoms with E-state index in [0.717, 1.165) is 6.54 Å². The average molecular weight is 753 g/mol. The SMILES string of the molecule is COCCN(C)/C=C(\C(C)=N)c1ccc(-c2cnc(C(=O)Nc3ccc(C(=O)N4CCN(C(=O)C5C(C)C5CN(C)C)CC4)c(Cl)c3)n2C)c(F)c1F. The van der Waals surface area contributed by atoms with Crippen LogP contribution in [-0.4, -0.2) is 127 Å². The Morgan fingerprint density at radius 1 is 1.06 bits per heavy atom. The minimum Gasteiger partial charge on any atom is -0.383 e. The van der Waals surface area contributed by atoms with E-state index in [4.69, 9.17) is 21.7 Å². The Labute approximate surface area is 313 Å². The average Bonchev–Trinajstić information content (AvgIpc) is 3.57. The van der Waals surface area contributed by atoms with Crippen LogP contribution < -0.4 is 5.32 Å². The molecule has 1 aliphatic carbocycles. The number of rotatable bonds is 13. The molecule has 2 heterocycles. The number of allylic oxidation sites excluding steroid dienone is 1. The van der Waals surface area contributed by atoms with Crippen molar-refractivity contribution in [3.05, 3.63) is 76.3 Å². The van der Waals surface area contributed by atoms with Crippen LogP contribution in [0.2, 0.25) is 5.02 Å². The zero-order valence-electron chi connectivity index (χ0n) is 31.2. The molecule has 2 N–H and O–H groups in total. The molecular formula is C38H47ClF2N8O4. The van der Waals surface area contributed by atoms with E-state index in [1.165, 1.54) is 49.0 Å². The van der Waals surface area contributed by atoms with Crippen molar-refractivity contribution < 1.29 is 27.9 Å². The molecule has 53 heavy (non-hydrogen) atoms. The quantitative estimate of drug-likeness (QED) is 0.237. The van der Waals surface area contributed by atoms with Gasteiger partial charge >= 0.3 is 0 Å². The molecular weight excluding hydrogens is 706 g/mol. The third-order valence-electron chi connectivity index (χ3n) is 10.0. The van der Waals surface area contributed by atoms with Crippen molar-refractivity contribution in [2.75, 3.05) is 79.4 Å². The first-order chi connectivity index (χ1) is 25.1. The van der Waals surface area contributed by atoms with Gasteiger partial charge in [-0.25, -0.2) is 13.8 Å². The van der Waals surface area contributed by atoms with E-state index in [1.54, 1.807) is 36.2 Å². The molecule has 2 fully saturated rings. The Hall–Kier alpha value is -4.66. The monoisotopic (exact) mass is 752 g/mol. The summed E-state index contributed by atoms with van der Waals surface area (Å²) in [6.07, 6.45) is 2.85. The molecule has 0 spiro atoms. The van der Waals surface area contributed by atoms with Crippen LogP contribution in [-0.2, 0) is 16.6 Å². The lowest BCUT2D eigenvalue weighted by Crippen LogP contribution is -2.51. The Kier molecular flexibility index (Phi) is 12.4. The summed E-state index contributed by atoms with van der Waals surface area (Å²) in [4.78, 5) is 51.3. The van der Waals surface area contributed by atoms with Gasteiger partial charge in [0.05, 0.1) is 29.1 Å². The van der Waals surface area contributed by atoms with Crippen LogP contribution in [0.25, 0.3) is 16.8 Å². The van der Waals surface area contributed by atoms with E-state index in [2.05, 4.69) is 22.1 Å². The number of halogens is 3. The zero-order valence-corrected chi connectivity index (χ0v) is 31.9. The summed E-state index contributed by atoms with van der Waals surface area (Å²) in [5.41, 5.74) is 0.826. The van der Waals surface area contributed by atoms with E-state index in [-0.39, 0.29) is 62.2 Å². The molecule has 0 bridgehead atoms. The lowest BCUT2D eigenvalue weighted by molar-refractivity contribution is -0.134. The summed E-state index contributed by atoms with van der Waals surface area (Å²) < 4.78 is 37.5. The number of nitrogens with one attached hydrogen (secondary N) is 2. The number of carbonyl (C=O) groups excluding carboxylic acids is 3. The predicted molar refractivity (Wildman–Crippen MR) is 201 cm³/mol. The minimum absolute atomic E-state index is 0.0306. The molecule has 1 saturated carbocycles.